The molecule has 0 aliphatic heterocycles. The standard InChI is InChI=1S/C17H14Cl2O3/c1-2-9-21-17(20)12-7-8-16(15(19)10-12)22-11-13-5-3-4-6-14(13)18/h2-8,10H,1,9,11H2. The van der Waals surface area contributed by atoms with E-state index in [0.717, 1.165) is 5.56 Å². The predicted molar refractivity (Wildman–Crippen MR) is 87.7 cm³/mol. The van der Waals surface area contributed by atoms with Crippen LogP contribution in [0.25, 0.3) is 0 Å². The smallest absolute Gasteiger partial charge is 0.338 e. The van der Waals surface area contributed by atoms with Gasteiger partial charge in [-0.15, -0.1) is 0 Å². The molecule has 5 heteroatoms. The minimum absolute atomic E-state index is 0.154. The molecule has 0 saturated carbocycles. The van der Waals surface area contributed by atoms with Gasteiger partial charge in [0.15, 0.2) is 0 Å². The Balaban J connectivity index is 2.05. The zero-order valence-electron chi connectivity index (χ0n) is 11.7. The predicted octanol–water partition coefficient (Wildman–Crippen LogP) is 4.92. The third-order valence-corrected chi connectivity index (χ3v) is 3.50. The van der Waals surface area contributed by atoms with Crippen molar-refractivity contribution >= 4 is 29.2 Å². The van der Waals surface area contributed by atoms with Gasteiger partial charge >= 0.3 is 5.97 Å². The van der Waals surface area contributed by atoms with E-state index in [2.05, 4.69) is 6.58 Å². The van der Waals surface area contributed by atoms with E-state index in [4.69, 9.17) is 32.7 Å². The Morgan fingerprint density at radius 2 is 1.91 bits per heavy atom. The highest BCUT2D eigenvalue weighted by atomic mass is 35.5. The maximum atomic E-state index is 11.7. The molecule has 3 nitrogen and oxygen atoms in total. The lowest BCUT2D eigenvalue weighted by molar-refractivity contribution is 0.0549. The molecule has 0 spiro atoms. The van der Waals surface area contributed by atoms with Gasteiger partial charge in [0.2, 0.25) is 0 Å². The van der Waals surface area contributed by atoms with Crippen LogP contribution in [0.5, 0.6) is 5.75 Å². The number of hydrogen-bond donors (Lipinski definition) is 0. The van der Waals surface area contributed by atoms with Gasteiger partial charge in [-0.1, -0.05) is 54.1 Å². The van der Waals surface area contributed by atoms with E-state index >= 15 is 0 Å². The van der Waals surface area contributed by atoms with E-state index in [1.54, 1.807) is 18.2 Å². The molecule has 0 fully saturated rings. The van der Waals surface area contributed by atoms with Crippen molar-refractivity contribution in [2.75, 3.05) is 6.61 Å². The number of rotatable bonds is 6. The summed E-state index contributed by atoms with van der Waals surface area (Å²) < 4.78 is 10.6. The van der Waals surface area contributed by atoms with E-state index in [9.17, 15) is 4.79 Å². The van der Waals surface area contributed by atoms with Crippen LogP contribution in [0.4, 0.5) is 0 Å². The van der Waals surface area contributed by atoms with Gasteiger partial charge in [0.05, 0.1) is 10.6 Å². The first-order valence-electron chi connectivity index (χ1n) is 6.55. The molecule has 0 heterocycles. The summed E-state index contributed by atoms with van der Waals surface area (Å²) in [6.07, 6.45) is 1.50. The first-order chi connectivity index (χ1) is 10.6. The molecule has 0 unspecified atom stereocenters. The average molecular weight is 337 g/mol. The van der Waals surface area contributed by atoms with E-state index in [1.165, 1.54) is 12.1 Å². The van der Waals surface area contributed by atoms with Crippen LogP contribution in [0, 0.1) is 0 Å². The van der Waals surface area contributed by atoms with Crippen LogP contribution in [0.3, 0.4) is 0 Å². The molecule has 0 bridgehead atoms. The van der Waals surface area contributed by atoms with Gasteiger partial charge in [-0.05, 0) is 24.3 Å². The SMILES string of the molecule is C=CCOC(=O)c1ccc(OCc2ccccc2Cl)c(Cl)c1. The Morgan fingerprint density at radius 1 is 1.14 bits per heavy atom. The number of esters is 1. The monoisotopic (exact) mass is 336 g/mol. The van der Waals surface area contributed by atoms with Gasteiger partial charge in [0, 0.05) is 10.6 Å². The number of benzene rings is 2. The molecular formula is C17H14Cl2O3. The quantitative estimate of drug-likeness (QED) is 0.555. The molecule has 0 aliphatic rings. The number of carbonyl (C=O) groups is 1. The topological polar surface area (TPSA) is 35.5 Å². The van der Waals surface area contributed by atoms with Crippen LogP contribution in [0.2, 0.25) is 10.0 Å². The summed E-state index contributed by atoms with van der Waals surface area (Å²) in [4.78, 5) is 11.7. The van der Waals surface area contributed by atoms with Crippen molar-refractivity contribution in [2.24, 2.45) is 0 Å². The lowest BCUT2D eigenvalue weighted by atomic mass is 10.2. The van der Waals surface area contributed by atoms with Crippen molar-refractivity contribution in [1.82, 2.24) is 0 Å². The van der Waals surface area contributed by atoms with Gasteiger partial charge < -0.3 is 9.47 Å². The number of halogens is 2. The van der Waals surface area contributed by atoms with Crippen LogP contribution in [0.1, 0.15) is 15.9 Å². The summed E-state index contributed by atoms with van der Waals surface area (Å²) in [5, 5.41) is 0.961. The first-order valence-corrected chi connectivity index (χ1v) is 7.31. The Bertz CT molecular complexity index is 683. The summed E-state index contributed by atoms with van der Waals surface area (Å²) >= 11 is 12.2. The fourth-order valence-corrected chi connectivity index (χ4v) is 2.16. The summed E-state index contributed by atoms with van der Waals surface area (Å²) in [5.41, 5.74) is 1.21. The van der Waals surface area contributed by atoms with E-state index in [-0.39, 0.29) is 6.61 Å². The molecule has 0 saturated heterocycles. The maximum Gasteiger partial charge on any atom is 0.338 e. The Morgan fingerprint density at radius 3 is 2.59 bits per heavy atom. The summed E-state index contributed by atoms with van der Waals surface area (Å²) in [6.45, 7) is 3.93. The van der Waals surface area contributed by atoms with Crippen LogP contribution < -0.4 is 4.74 Å². The maximum absolute atomic E-state index is 11.7. The molecule has 0 aromatic heterocycles. The van der Waals surface area contributed by atoms with E-state index < -0.39 is 5.97 Å². The van der Waals surface area contributed by atoms with E-state index in [1.807, 2.05) is 18.2 Å². The highest BCUT2D eigenvalue weighted by Crippen LogP contribution is 2.27. The van der Waals surface area contributed by atoms with Crippen molar-refractivity contribution in [3.63, 3.8) is 0 Å². The van der Waals surface area contributed by atoms with Crippen molar-refractivity contribution in [3.05, 3.63) is 76.3 Å². The third-order valence-electron chi connectivity index (χ3n) is 2.84. The Hall–Kier alpha value is -1.97. The minimum Gasteiger partial charge on any atom is -0.487 e. The van der Waals surface area contributed by atoms with E-state index in [0.29, 0.717) is 28.0 Å². The normalized spacial score (nSPS) is 10.1. The van der Waals surface area contributed by atoms with Gasteiger partial charge in [-0.3, -0.25) is 0 Å². The third kappa shape index (κ3) is 4.26. The molecule has 2 rings (SSSR count). The first kappa shape index (κ1) is 16.4. The van der Waals surface area contributed by atoms with Gasteiger partial charge in [0.1, 0.15) is 19.0 Å². The molecule has 2 aromatic rings. The highest BCUT2D eigenvalue weighted by molar-refractivity contribution is 6.32. The molecular weight excluding hydrogens is 323 g/mol. The van der Waals surface area contributed by atoms with Gasteiger partial charge in [-0.25, -0.2) is 4.79 Å². The van der Waals surface area contributed by atoms with Crippen LogP contribution in [0.15, 0.2) is 55.1 Å². The second-order valence-electron chi connectivity index (χ2n) is 4.41. The molecule has 0 atom stereocenters. The average Bonchev–Trinajstić information content (AvgIpc) is 2.52. The van der Waals surface area contributed by atoms with Crippen molar-refractivity contribution in [3.8, 4) is 5.75 Å². The molecule has 0 N–H and O–H groups in total. The summed E-state index contributed by atoms with van der Waals surface area (Å²) in [7, 11) is 0. The summed E-state index contributed by atoms with van der Waals surface area (Å²) in [5.74, 6) is 0.0151. The van der Waals surface area contributed by atoms with Crippen molar-refractivity contribution < 1.29 is 14.3 Å². The molecule has 2 aromatic carbocycles. The van der Waals surface area contributed by atoms with Gasteiger partial charge in [-0.2, -0.15) is 0 Å². The fraction of sp³-hybridized carbons (Fsp3) is 0.118. The van der Waals surface area contributed by atoms with Gasteiger partial charge in [0.25, 0.3) is 0 Å². The second kappa shape index (κ2) is 7.87. The van der Waals surface area contributed by atoms with Crippen LogP contribution >= 0.6 is 23.2 Å². The number of hydrogen-bond acceptors (Lipinski definition) is 3. The largest absolute Gasteiger partial charge is 0.487 e. The minimum atomic E-state index is -0.459. The zero-order chi connectivity index (χ0) is 15.9. The lowest BCUT2D eigenvalue weighted by Gasteiger charge is -2.10. The highest BCUT2D eigenvalue weighted by Gasteiger charge is 2.11. The fourth-order valence-electron chi connectivity index (χ4n) is 1.73. The van der Waals surface area contributed by atoms with Crippen molar-refractivity contribution in [1.29, 1.82) is 0 Å². The van der Waals surface area contributed by atoms with Crippen LogP contribution in [-0.4, -0.2) is 12.6 Å². The second-order valence-corrected chi connectivity index (χ2v) is 5.23. The molecule has 114 valence electrons. The summed E-state index contributed by atoms with van der Waals surface area (Å²) in [6, 6.07) is 12.1. The lowest BCUT2D eigenvalue weighted by Crippen LogP contribution is -2.05. The van der Waals surface area contributed by atoms with Crippen molar-refractivity contribution in [2.45, 2.75) is 6.61 Å². The molecule has 22 heavy (non-hydrogen) atoms. The molecule has 0 amide bonds. The Kier molecular flexibility index (Phi) is 5.87. The van der Waals surface area contributed by atoms with Crippen LogP contribution in [-0.2, 0) is 11.3 Å². The number of ether oxygens (including phenoxy) is 2. The Labute approximate surface area is 139 Å². The molecule has 0 radical (unpaired) electrons. The molecule has 0 aliphatic carbocycles. The zero-order valence-corrected chi connectivity index (χ0v) is 13.2. The number of carbonyl (C=O) groups excluding carboxylic acids is 1.